The number of hydrogen-bond acceptors (Lipinski definition) is 2. The molecule has 0 bridgehead atoms. The van der Waals surface area contributed by atoms with Crippen LogP contribution in [0.15, 0.2) is 16.9 Å². The first-order chi connectivity index (χ1) is 7.59. The van der Waals surface area contributed by atoms with E-state index in [4.69, 9.17) is 5.73 Å². The van der Waals surface area contributed by atoms with Gasteiger partial charge in [-0.15, -0.1) is 0 Å². The number of pyridine rings is 1. The lowest BCUT2D eigenvalue weighted by atomic mass is 9.91. The normalized spacial score (nSPS) is 19.9. The molecule has 0 amide bonds. The molecule has 0 fully saturated rings. The van der Waals surface area contributed by atoms with Crippen molar-refractivity contribution in [2.24, 2.45) is 11.7 Å². The average molecular weight is 220 g/mol. The van der Waals surface area contributed by atoms with Gasteiger partial charge in [0.1, 0.15) is 0 Å². The van der Waals surface area contributed by atoms with Crippen molar-refractivity contribution in [1.29, 1.82) is 0 Å². The summed E-state index contributed by atoms with van der Waals surface area (Å²) < 4.78 is 1.92. The van der Waals surface area contributed by atoms with Crippen LogP contribution in [0.2, 0.25) is 0 Å². The number of fused-ring (bicyclic) bond motifs is 1. The first kappa shape index (κ1) is 11.4. The van der Waals surface area contributed by atoms with E-state index in [0.29, 0.717) is 5.92 Å². The summed E-state index contributed by atoms with van der Waals surface area (Å²) in [7, 11) is 0. The van der Waals surface area contributed by atoms with Gasteiger partial charge in [-0.1, -0.05) is 19.9 Å². The monoisotopic (exact) mass is 220 g/mol. The van der Waals surface area contributed by atoms with Crippen LogP contribution in [0.5, 0.6) is 0 Å². The molecule has 88 valence electrons. The third kappa shape index (κ3) is 2.05. The Hall–Kier alpha value is -1.09. The van der Waals surface area contributed by atoms with Crippen LogP contribution in [0, 0.1) is 5.92 Å². The van der Waals surface area contributed by atoms with Crippen molar-refractivity contribution in [1.82, 2.24) is 4.57 Å². The third-order valence-corrected chi connectivity index (χ3v) is 3.21. The maximum Gasteiger partial charge on any atom is 0.250 e. The molecule has 0 aromatic carbocycles. The highest BCUT2D eigenvalue weighted by Crippen LogP contribution is 2.26. The van der Waals surface area contributed by atoms with E-state index in [1.54, 1.807) is 6.07 Å². The van der Waals surface area contributed by atoms with E-state index in [0.717, 1.165) is 25.8 Å². The molecule has 2 rings (SSSR count). The Kier molecular flexibility index (Phi) is 3.15. The molecular formula is C13H20N2O. The molecule has 1 aromatic heterocycles. The van der Waals surface area contributed by atoms with Gasteiger partial charge in [0.15, 0.2) is 0 Å². The SMILES string of the molecule is CC(C)Cn1c2c(ccc1=O)[C@@H](N)CCC2. The van der Waals surface area contributed by atoms with Crippen molar-refractivity contribution in [3.8, 4) is 0 Å². The molecule has 2 N–H and O–H groups in total. The molecule has 3 heteroatoms. The minimum atomic E-state index is 0.113. The quantitative estimate of drug-likeness (QED) is 0.826. The van der Waals surface area contributed by atoms with Crippen molar-refractivity contribution in [2.75, 3.05) is 0 Å². The lowest BCUT2D eigenvalue weighted by Crippen LogP contribution is -2.30. The first-order valence-electron chi connectivity index (χ1n) is 6.08. The van der Waals surface area contributed by atoms with Crippen LogP contribution in [0.4, 0.5) is 0 Å². The van der Waals surface area contributed by atoms with Crippen molar-refractivity contribution in [2.45, 2.75) is 45.7 Å². The molecule has 1 atom stereocenters. The van der Waals surface area contributed by atoms with Gasteiger partial charge >= 0.3 is 0 Å². The molecule has 0 saturated carbocycles. The van der Waals surface area contributed by atoms with Crippen molar-refractivity contribution < 1.29 is 0 Å². The summed E-state index contributed by atoms with van der Waals surface area (Å²) >= 11 is 0. The largest absolute Gasteiger partial charge is 0.324 e. The second-order valence-corrected chi connectivity index (χ2v) is 5.08. The van der Waals surface area contributed by atoms with Crippen LogP contribution in [0.25, 0.3) is 0 Å². The molecule has 1 heterocycles. The Morgan fingerprint density at radius 2 is 2.25 bits per heavy atom. The fourth-order valence-electron chi connectivity index (χ4n) is 2.46. The fraction of sp³-hybridized carbons (Fsp3) is 0.615. The molecule has 0 aliphatic heterocycles. The number of aromatic nitrogens is 1. The van der Waals surface area contributed by atoms with Gasteiger partial charge in [-0.25, -0.2) is 0 Å². The summed E-state index contributed by atoms with van der Waals surface area (Å²) in [6.45, 7) is 5.07. The smallest absolute Gasteiger partial charge is 0.250 e. The molecule has 0 saturated heterocycles. The van der Waals surface area contributed by atoms with Crippen LogP contribution in [-0.4, -0.2) is 4.57 Å². The highest BCUT2D eigenvalue weighted by molar-refractivity contribution is 5.27. The van der Waals surface area contributed by atoms with Gasteiger partial charge in [-0.05, 0) is 30.7 Å². The molecule has 1 aliphatic rings. The van der Waals surface area contributed by atoms with Gasteiger partial charge in [-0.2, -0.15) is 0 Å². The van der Waals surface area contributed by atoms with Crippen molar-refractivity contribution >= 4 is 0 Å². The summed E-state index contributed by atoms with van der Waals surface area (Å²) in [6, 6.07) is 3.69. The van der Waals surface area contributed by atoms with Crippen LogP contribution in [-0.2, 0) is 13.0 Å². The number of rotatable bonds is 2. The predicted octanol–water partition coefficient (Wildman–Crippen LogP) is 1.84. The van der Waals surface area contributed by atoms with E-state index >= 15 is 0 Å². The Balaban J connectivity index is 2.50. The average Bonchev–Trinajstić information content (AvgIpc) is 2.22. The van der Waals surface area contributed by atoms with Gasteiger partial charge in [0.25, 0.3) is 5.56 Å². The number of nitrogens with two attached hydrogens (primary N) is 1. The van der Waals surface area contributed by atoms with Crippen LogP contribution < -0.4 is 11.3 Å². The maximum atomic E-state index is 11.9. The lowest BCUT2D eigenvalue weighted by molar-refractivity contribution is 0.464. The summed E-state index contributed by atoms with van der Waals surface area (Å²) in [5, 5.41) is 0. The molecule has 0 unspecified atom stereocenters. The lowest BCUT2D eigenvalue weighted by Gasteiger charge is -2.26. The second-order valence-electron chi connectivity index (χ2n) is 5.08. The highest BCUT2D eigenvalue weighted by Gasteiger charge is 2.20. The van der Waals surface area contributed by atoms with Crippen molar-refractivity contribution in [3.05, 3.63) is 33.7 Å². The van der Waals surface area contributed by atoms with Crippen LogP contribution in [0.1, 0.15) is 44.0 Å². The molecule has 0 radical (unpaired) electrons. The van der Waals surface area contributed by atoms with Gasteiger partial charge in [0, 0.05) is 24.3 Å². The number of nitrogens with zero attached hydrogens (tertiary/aromatic N) is 1. The van der Waals surface area contributed by atoms with Crippen LogP contribution in [0.3, 0.4) is 0 Å². The molecule has 1 aromatic rings. The number of hydrogen-bond donors (Lipinski definition) is 1. The second kappa shape index (κ2) is 4.42. The summed E-state index contributed by atoms with van der Waals surface area (Å²) in [5.74, 6) is 0.488. The van der Waals surface area contributed by atoms with Gasteiger partial charge in [-0.3, -0.25) is 4.79 Å². The van der Waals surface area contributed by atoms with Gasteiger partial charge in [0.2, 0.25) is 0 Å². The Morgan fingerprint density at radius 3 is 2.94 bits per heavy atom. The third-order valence-electron chi connectivity index (χ3n) is 3.21. The summed E-state index contributed by atoms with van der Waals surface area (Å²) in [4.78, 5) is 11.9. The Bertz CT molecular complexity index is 434. The molecule has 16 heavy (non-hydrogen) atoms. The molecule has 0 spiro atoms. The Labute approximate surface area is 96.3 Å². The molecule has 3 nitrogen and oxygen atoms in total. The van der Waals surface area contributed by atoms with Crippen LogP contribution >= 0.6 is 0 Å². The zero-order chi connectivity index (χ0) is 11.7. The van der Waals surface area contributed by atoms with E-state index in [1.165, 1.54) is 11.3 Å². The minimum absolute atomic E-state index is 0.113. The Morgan fingerprint density at radius 1 is 1.50 bits per heavy atom. The van der Waals surface area contributed by atoms with Gasteiger partial charge in [0.05, 0.1) is 0 Å². The zero-order valence-corrected chi connectivity index (χ0v) is 10.1. The van der Waals surface area contributed by atoms with E-state index in [2.05, 4.69) is 13.8 Å². The molecule has 1 aliphatic carbocycles. The highest BCUT2D eigenvalue weighted by atomic mass is 16.1. The summed E-state index contributed by atoms with van der Waals surface area (Å²) in [6.07, 6.45) is 3.12. The van der Waals surface area contributed by atoms with E-state index in [9.17, 15) is 4.79 Å². The maximum absolute atomic E-state index is 11.9. The predicted molar refractivity (Wildman–Crippen MR) is 65.4 cm³/mol. The topological polar surface area (TPSA) is 48.0 Å². The standard InChI is InChI=1S/C13H20N2O/c1-9(2)8-15-12-5-3-4-11(14)10(12)6-7-13(15)16/h6-7,9,11H,3-5,8,14H2,1-2H3/t11-/m0/s1. The fourth-order valence-corrected chi connectivity index (χ4v) is 2.46. The molecular weight excluding hydrogens is 200 g/mol. The minimum Gasteiger partial charge on any atom is -0.324 e. The first-order valence-corrected chi connectivity index (χ1v) is 6.08. The van der Waals surface area contributed by atoms with E-state index in [-0.39, 0.29) is 11.6 Å². The van der Waals surface area contributed by atoms with E-state index < -0.39 is 0 Å². The van der Waals surface area contributed by atoms with Crippen molar-refractivity contribution in [3.63, 3.8) is 0 Å². The van der Waals surface area contributed by atoms with Gasteiger partial charge < -0.3 is 10.3 Å². The van der Waals surface area contributed by atoms with E-state index in [1.807, 2.05) is 10.6 Å². The zero-order valence-electron chi connectivity index (χ0n) is 10.1. The summed E-state index contributed by atoms with van der Waals surface area (Å²) in [5.41, 5.74) is 8.53.